The minimum atomic E-state index is 0.149. The molecule has 0 aliphatic carbocycles. The molecule has 1 aliphatic rings. The molecule has 0 saturated carbocycles. The molecule has 3 atom stereocenters. The molecule has 2 nitrogen and oxygen atoms in total. The third-order valence-corrected chi connectivity index (χ3v) is 4.26. The molecule has 1 saturated heterocycles. The Morgan fingerprint density at radius 1 is 1.22 bits per heavy atom. The predicted octanol–water partition coefficient (Wildman–Crippen LogP) is 3.23. The van der Waals surface area contributed by atoms with E-state index < -0.39 is 0 Å². The molecular weight excluding hydrogens is 222 g/mol. The Kier molecular flexibility index (Phi) is 4.41. The quantitative estimate of drug-likeness (QED) is 0.883. The molecule has 1 aromatic carbocycles. The van der Waals surface area contributed by atoms with Crippen molar-refractivity contribution in [3.05, 3.63) is 35.9 Å². The summed E-state index contributed by atoms with van der Waals surface area (Å²) in [5.74, 6) is 0.646. The largest absolute Gasteiger partial charge is 0.394 e. The molecule has 2 heteroatoms. The van der Waals surface area contributed by atoms with Crippen LogP contribution in [0, 0.1) is 5.92 Å². The number of aliphatic hydroxyl groups excluding tert-OH is 1. The van der Waals surface area contributed by atoms with E-state index in [4.69, 9.17) is 0 Å². The summed E-state index contributed by atoms with van der Waals surface area (Å²) in [4.78, 5) is 2.53. The van der Waals surface area contributed by atoms with Crippen molar-refractivity contribution in [3.8, 4) is 0 Å². The molecule has 0 aromatic heterocycles. The van der Waals surface area contributed by atoms with E-state index in [0.717, 1.165) is 0 Å². The van der Waals surface area contributed by atoms with E-state index in [1.165, 1.54) is 18.4 Å². The first kappa shape index (κ1) is 13.6. The number of aliphatic hydroxyl groups is 1. The van der Waals surface area contributed by atoms with Gasteiger partial charge in [-0.3, -0.25) is 4.90 Å². The van der Waals surface area contributed by atoms with Gasteiger partial charge in [-0.25, -0.2) is 0 Å². The summed E-state index contributed by atoms with van der Waals surface area (Å²) in [6.45, 7) is 7.07. The fraction of sp³-hybridized carbons (Fsp3) is 0.625. The lowest BCUT2D eigenvalue weighted by Crippen LogP contribution is -2.42. The number of nitrogens with zero attached hydrogens (tertiary/aromatic N) is 1. The van der Waals surface area contributed by atoms with Gasteiger partial charge in [0.1, 0.15) is 0 Å². The molecule has 0 radical (unpaired) electrons. The van der Waals surface area contributed by atoms with Crippen molar-refractivity contribution in [2.45, 2.75) is 51.7 Å². The Morgan fingerprint density at radius 3 is 2.44 bits per heavy atom. The van der Waals surface area contributed by atoms with Crippen molar-refractivity contribution in [2.24, 2.45) is 5.92 Å². The highest BCUT2D eigenvalue weighted by Crippen LogP contribution is 2.36. The van der Waals surface area contributed by atoms with E-state index in [2.05, 4.69) is 49.9 Å². The van der Waals surface area contributed by atoms with Crippen LogP contribution in [0.15, 0.2) is 30.3 Å². The van der Waals surface area contributed by atoms with Gasteiger partial charge in [0, 0.05) is 12.1 Å². The summed E-state index contributed by atoms with van der Waals surface area (Å²) in [6.07, 6.45) is 2.49. The first-order valence-electron chi connectivity index (χ1n) is 7.08. The van der Waals surface area contributed by atoms with Crippen molar-refractivity contribution in [1.82, 2.24) is 4.90 Å². The lowest BCUT2D eigenvalue weighted by Gasteiger charge is -2.37. The van der Waals surface area contributed by atoms with Crippen LogP contribution in [0.2, 0.25) is 0 Å². The average Bonchev–Trinajstić information content (AvgIpc) is 2.74. The minimum Gasteiger partial charge on any atom is -0.394 e. The first-order chi connectivity index (χ1) is 8.65. The van der Waals surface area contributed by atoms with Gasteiger partial charge in [0.2, 0.25) is 0 Å². The molecular formula is C16H25NO. The number of rotatable bonds is 4. The summed E-state index contributed by atoms with van der Waals surface area (Å²) in [6, 6.07) is 11.7. The van der Waals surface area contributed by atoms with Crippen molar-refractivity contribution >= 4 is 0 Å². The van der Waals surface area contributed by atoms with E-state index in [1.807, 2.05) is 6.07 Å². The van der Waals surface area contributed by atoms with Crippen LogP contribution in [-0.2, 0) is 0 Å². The molecule has 1 N–H and O–H groups in total. The lowest BCUT2D eigenvalue weighted by atomic mass is 9.98. The van der Waals surface area contributed by atoms with Gasteiger partial charge in [0.25, 0.3) is 0 Å². The van der Waals surface area contributed by atoms with Gasteiger partial charge in [-0.15, -0.1) is 0 Å². The summed E-state index contributed by atoms with van der Waals surface area (Å²) in [5, 5.41) is 9.82. The SMILES string of the molecule is CC(C)[C@@H]1CC[C@@H](C)N1[C@H](CO)c1ccccc1. The van der Waals surface area contributed by atoms with E-state index in [9.17, 15) is 5.11 Å². The van der Waals surface area contributed by atoms with Gasteiger partial charge < -0.3 is 5.11 Å². The second kappa shape index (κ2) is 5.85. The number of hydrogen-bond donors (Lipinski definition) is 1. The summed E-state index contributed by atoms with van der Waals surface area (Å²) in [7, 11) is 0. The van der Waals surface area contributed by atoms with Crippen LogP contribution in [0.5, 0.6) is 0 Å². The van der Waals surface area contributed by atoms with Crippen LogP contribution in [0.25, 0.3) is 0 Å². The van der Waals surface area contributed by atoms with E-state index in [-0.39, 0.29) is 12.6 Å². The van der Waals surface area contributed by atoms with Crippen LogP contribution in [0.1, 0.15) is 45.2 Å². The Labute approximate surface area is 111 Å². The second-order valence-corrected chi connectivity index (χ2v) is 5.79. The Balaban J connectivity index is 2.26. The van der Waals surface area contributed by atoms with Crippen LogP contribution in [0.4, 0.5) is 0 Å². The summed E-state index contributed by atoms with van der Waals surface area (Å²) in [5.41, 5.74) is 1.24. The highest BCUT2D eigenvalue weighted by molar-refractivity contribution is 5.20. The normalized spacial score (nSPS) is 26.7. The number of hydrogen-bond acceptors (Lipinski definition) is 2. The Morgan fingerprint density at radius 2 is 1.89 bits per heavy atom. The number of benzene rings is 1. The van der Waals surface area contributed by atoms with Crippen LogP contribution in [-0.4, -0.2) is 28.7 Å². The van der Waals surface area contributed by atoms with Gasteiger partial charge in [0.05, 0.1) is 12.6 Å². The second-order valence-electron chi connectivity index (χ2n) is 5.79. The average molecular weight is 247 g/mol. The third kappa shape index (κ3) is 2.60. The fourth-order valence-corrected chi connectivity index (χ4v) is 3.30. The standard InChI is InChI=1S/C16H25NO/c1-12(2)15-10-9-13(3)17(15)16(11-18)14-7-5-4-6-8-14/h4-8,12-13,15-16,18H,9-11H2,1-3H3/t13-,15+,16-/m1/s1. The van der Waals surface area contributed by atoms with Gasteiger partial charge in [-0.1, -0.05) is 44.2 Å². The Bertz CT molecular complexity index is 363. The molecule has 18 heavy (non-hydrogen) atoms. The van der Waals surface area contributed by atoms with Crippen LogP contribution < -0.4 is 0 Å². The van der Waals surface area contributed by atoms with Crippen molar-refractivity contribution in [1.29, 1.82) is 0 Å². The molecule has 0 unspecified atom stereocenters. The molecule has 1 aromatic rings. The topological polar surface area (TPSA) is 23.5 Å². The van der Waals surface area contributed by atoms with Gasteiger partial charge in [-0.2, -0.15) is 0 Å². The molecule has 100 valence electrons. The number of likely N-dealkylation sites (tertiary alicyclic amines) is 1. The van der Waals surface area contributed by atoms with Crippen molar-refractivity contribution < 1.29 is 5.11 Å². The lowest BCUT2D eigenvalue weighted by molar-refractivity contribution is 0.0655. The van der Waals surface area contributed by atoms with Gasteiger partial charge in [0.15, 0.2) is 0 Å². The molecule has 1 heterocycles. The summed E-state index contributed by atoms with van der Waals surface area (Å²) < 4.78 is 0. The highest BCUT2D eigenvalue weighted by atomic mass is 16.3. The van der Waals surface area contributed by atoms with E-state index >= 15 is 0 Å². The zero-order valence-electron chi connectivity index (χ0n) is 11.7. The van der Waals surface area contributed by atoms with Crippen LogP contribution >= 0.6 is 0 Å². The first-order valence-corrected chi connectivity index (χ1v) is 7.08. The van der Waals surface area contributed by atoms with Crippen molar-refractivity contribution in [3.63, 3.8) is 0 Å². The minimum absolute atomic E-state index is 0.149. The maximum atomic E-state index is 9.82. The third-order valence-electron chi connectivity index (χ3n) is 4.26. The highest BCUT2D eigenvalue weighted by Gasteiger charge is 2.37. The zero-order valence-corrected chi connectivity index (χ0v) is 11.7. The van der Waals surface area contributed by atoms with Crippen LogP contribution in [0.3, 0.4) is 0 Å². The maximum Gasteiger partial charge on any atom is 0.0628 e. The maximum absolute atomic E-state index is 9.82. The molecule has 0 amide bonds. The molecule has 2 rings (SSSR count). The Hall–Kier alpha value is -0.860. The molecule has 0 spiro atoms. The fourth-order valence-electron chi connectivity index (χ4n) is 3.30. The summed E-state index contributed by atoms with van der Waals surface area (Å²) >= 11 is 0. The molecule has 1 aliphatic heterocycles. The predicted molar refractivity (Wildman–Crippen MR) is 75.4 cm³/mol. The smallest absolute Gasteiger partial charge is 0.0628 e. The van der Waals surface area contributed by atoms with Crippen molar-refractivity contribution in [2.75, 3.05) is 6.61 Å². The molecule has 0 bridgehead atoms. The monoisotopic (exact) mass is 247 g/mol. The van der Waals surface area contributed by atoms with Gasteiger partial charge in [-0.05, 0) is 31.2 Å². The zero-order chi connectivity index (χ0) is 13.1. The van der Waals surface area contributed by atoms with Gasteiger partial charge >= 0.3 is 0 Å². The molecule has 1 fully saturated rings. The van der Waals surface area contributed by atoms with E-state index in [0.29, 0.717) is 18.0 Å². The van der Waals surface area contributed by atoms with E-state index in [1.54, 1.807) is 0 Å².